The van der Waals surface area contributed by atoms with Crippen molar-refractivity contribution in [3.63, 3.8) is 0 Å². The molecule has 0 aliphatic heterocycles. The number of nitrogens with one attached hydrogen (secondary N) is 1. The molecule has 0 aromatic carbocycles. The first-order valence-corrected chi connectivity index (χ1v) is 7.38. The summed E-state index contributed by atoms with van der Waals surface area (Å²) in [4.78, 5) is 10.8. The average Bonchev–Trinajstić information content (AvgIpc) is 2.98. The number of aromatic nitrogens is 2. The zero-order valence-corrected chi connectivity index (χ0v) is 11.7. The molecule has 2 N–H and O–H groups in total. The Morgan fingerprint density at radius 2 is 2.00 bits per heavy atom. The standard InChI is InChI=1S/C12H15N3O4S/c1-14-9-10(8-11(14)12(16)17)20(18,19)13-4-7-15-5-2-3-6-15/h2-3,5-6,8-9,13H,4,7H2,1H3,(H,16,17). The van der Waals surface area contributed by atoms with Crippen LogP contribution in [0.1, 0.15) is 10.5 Å². The minimum absolute atomic E-state index is 0.0510. The highest BCUT2D eigenvalue weighted by Gasteiger charge is 2.19. The second-order valence-electron chi connectivity index (χ2n) is 4.30. The summed E-state index contributed by atoms with van der Waals surface area (Å²) >= 11 is 0. The lowest BCUT2D eigenvalue weighted by Crippen LogP contribution is -2.26. The number of aryl methyl sites for hydroxylation is 1. The van der Waals surface area contributed by atoms with Gasteiger partial charge in [-0.05, 0) is 18.2 Å². The third-order valence-electron chi connectivity index (χ3n) is 2.84. The molecule has 2 aromatic heterocycles. The summed E-state index contributed by atoms with van der Waals surface area (Å²) in [6.07, 6.45) is 4.94. The lowest BCUT2D eigenvalue weighted by atomic mass is 10.4. The van der Waals surface area contributed by atoms with Crippen LogP contribution >= 0.6 is 0 Å². The molecule has 0 bridgehead atoms. The largest absolute Gasteiger partial charge is 0.477 e. The molecule has 0 radical (unpaired) electrons. The molecule has 0 atom stereocenters. The van der Waals surface area contributed by atoms with Crippen LogP contribution in [0.2, 0.25) is 0 Å². The molecule has 0 saturated heterocycles. The van der Waals surface area contributed by atoms with Crippen LogP contribution in [0.3, 0.4) is 0 Å². The second kappa shape index (κ2) is 5.51. The van der Waals surface area contributed by atoms with Gasteiger partial charge >= 0.3 is 5.97 Å². The third kappa shape index (κ3) is 3.09. The van der Waals surface area contributed by atoms with E-state index in [2.05, 4.69) is 4.72 Å². The van der Waals surface area contributed by atoms with Gasteiger partial charge in [-0.25, -0.2) is 17.9 Å². The van der Waals surface area contributed by atoms with E-state index in [9.17, 15) is 13.2 Å². The predicted molar refractivity (Wildman–Crippen MR) is 72.0 cm³/mol. The van der Waals surface area contributed by atoms with Crippen molar-refractivity contribution in [1.29, 1.82) is 0 Å². The van der Waals surface area contributed by atoms with Crippen LogP contribution < -0.4 is 4.72 Å². The van der Waals surface area contributed by atoms with Gasteiger partial charge in [-0.15, -0.1) is 0 Å². The number of carbonyl (C=O) groups is 1. The Kier molecular flexibility index (Phi) is 3.96. The first kappa shape index (κ1) is 14.4. The summed E-state index contributed by atoms with van der Waals surface area (Å²) in [5, 5.41) is 8.91. The molecule has 0 fully saturated rings. The lowest BCUT2D eigenvalue weighted by molar-refractivity contribution is 0.0686. The van der Waals surface area contributed by atoms with Gasteiger partial charge in [-0.1, -0.05) is 0 Å². The Hall–Kier alpha value is -2.06. The smallest absolute Gasteiger partial charge is 0.352 e. The number of nitrogens with zero attached hydrogens (tertiary/aromatic N) is 2. The highest BCUT2D eigenvalue weighted by Crippen LogP contribution is 2.13. The number of sulfonamides is 1. The van der Waals surface area contributed by atoms with Gasteiger partial charge in [0.1, 0.15) is 10.6 Å². The number of carboxylic acid groups (broad SMARTS) is 1. The summed E-state index contributed by atoms with van der Waals surface area (Å²) in [6, 6.07) is 4.84. The van der Waals surface area contributed by atoms with Gasteiger partial charge < -0.3 is 14.2 Å². The molecule has 2 rings (SSSR count). The second-order valence-corrected chi connectivity index (χ2v) is 6.06. The van der Waals surface area contributed by atoms with Crippen LogP contribution in [-0.2, 0) is 23.6 Å². The van der Waals surface area contributed by atoms with Gasteiger partial charge in [-0.2, -0.15) is 0 Å². The SMILES string of the molecule is Cn1cc(S(=O)(=O)NCCn2cccc2)cc1C(=O)O. The van der Waals surface area contributed by atoms with Crippen LogP contribution in [0.5, 0.6) is 0 Å². The third-order valence-corrected chi connectivity index (χ3v) is 4.27. The van der Waals surface area contributed by atoms with Crippen molar-refractivity contribution in [3.05, 3.63) is 42.5 Å². The Morgan fingerprint density at radius 1 is 1.35 bits per heavy atom. The molecular weight excluding hydrogens is 282 g/mol. The van der Waals surface area contributed by atoms with Crippen molar-refractivity contribution in [3.8, 4) is 0 Å². The first-order chi connectivity index (χ1) is 9.40. The summed E-state index contributed by atoms with van der Waals surface area (Å²) in [5.41, 5.74) is -0.0733. The van der Waals surface area contributed by atoms with E-state index in [-0.39, 0.29) is 17.1 Å². The van der Waals surface area contributed by atoms with E-state index in [0.717, 1.165) is 6.07 Å². The first-order valence-electron chi connectivity index (χ1n) is 5.90. The van der Waals surface area contributed by atoms with E-state index in [1.165, 1.54) is 17.8 Å². The maximum Gasteiger partial charge on any atom is 0.352 e. The molecule has 2 heterocycles. The molecule has 8 heteroatoms. The maximum atomic E-state index is 12.0. The number of aromatic carboxylic acids is 1. The van der Waals surface area contributed by atoms with Crippen LogP contribution in [0.15, 0.2) is 41.7 Å². The Balaban J connectivity index is 2.06. The fraction of sp³-hybridized carbons (Fsp3) is 0.250. The quantitative estimate of drug-likeness (QED) is 0.812. The van der Waals surface area contributed by atoms with Crippen molar-refractivity contribution in [2.24, 2.45) is 7.05 Å². The van der Waals surface area contributed by atoms with E-state index in [1.54, 1.807) is 0 Å². The molecule has 0 unspecified atom stereocenters. The minimum Gasteiger partial charge on any atom is -0.477 e. The molecule has 0 saturated carbocycles. The Morgan fingerprint density at radius 3 is 2.55 bits per heavy atom. The van der Waals surface area contributed by atoms with Crippen molar-refractivity contribution in [2.75, 3.05) is 6.54 Å². The van der Waals surface area contributed by atoms with Crippen molar-refractivity contribution in [2.45, 2.75) is 11.4 Å². The molecule has 108 valence electrons. The molecule has 2 aromatic rings. The molecule has 0 amide bonds. The van der Waals surface area contributed by atoms with Gasteiger partial charge in [0, 0.05) is 38.7 Å². The number of carboxylic acids is 1. The van der Waals surface area contributed by atoms with Crippen LogP contribution in [0, 0.1) is 0 Å². The summed E-state index contributed by atoms with van der Waals surface area (Å²) < 4.78 is 29.6. The van der Waals surface area contributed by atoms with E-state index < -0.39 is 16.0 Å². The van der Waals surface area contributed by atoms with Crippen molar-refractivity contribution >= 4 is 16.0 Å². The van der Waals surface area contributed by atoms with Gasteiger partial charge in [0.05, 0.1) is 0 Å². The predicted octanol–water partition coefficient (Wildman–Crippen LogP) is 0.503. The van der Waals surface area contributed by atoms with Crippen molar-refractivity contribution in [1.82, 2.24) is 13.9 Å². The molecule has 7 nitrogen and oxygen atoms in total. The zero-order chi connectivity index (χ0) is 14.8. The van der Waals surface area contributed by atoms with Gasteiger partial charge in [0.2, 0.25) is 10.0 Å². The zero-order valence-electron chi connectivity index (χ0n) is 10.9. The van der Waals surface area contributed by atoms with Crippen LogP contribution in [0.4, 0.5) is 0 Å². The highest BCUT2D eigenvalue weighted by molar-refractivity contribution is 7.89. The van der Waals surface area contributed by atoms with Gasteiger partial charge in [0.25, 0.3) is 0 Å². The Bertz CT molecular complexity index is 701. The van der Waals surface area contributed by atoms with E-state index >= 15 is 0 Å². The van der Waals surface area contributed by atoms with E-state index in [1.807, 2.05) is 29.1 Å². The number of hydrogen-bond acceptors (Lipinski definition) is 3. The monoisotopic (exact) mass is 297 g/mol. The number of rotatable bonds is 6. The topological polar surface area (TPSA) is 93.3 Å². The fourth-order valence-electron chi connectivity index (χ4n) is 1.81. The van der Waals surface area contributed by atoms with Crippen molar-refractivity contribution < 1.29 is 18.3 Å². The molecule has 0 spiro atoms. The lowest BCUT2D eigenvalue weighted by Gasteiger charge is -2.05. The van der Waals surface area contributed by atoms with E-state index in [0.29, 0.717) is 6.54 Å². The number of hydrogen-bond donors (Lipinski definition) is 2. The summed E-state index contributed by atoms with van der Waals surface area (Å²) in [7, 11) is -2.21. The van der Waals surface area contributed by atoms with Crippen LogP contribution in [-0.4, -0.2) is 35.2 Å². The average molecular weight is 297 g/mol. The Labute approximate surface area is 116 Å². The molecule has 0 aliphatic rings. The molecule has 0 aliphatic carbocycles. The van der Waals surface area contributed by atoms with Gasteiger partial charge in [0.15, 0.2) is 0 Å². The highest BCUT2D eigenvalue weighted by atomic mass is 32.2. The molecular formula is C12H15N3O4S. The minimum atomic E-state index is -3.70. The fourth-order valence-corrected chi connectivity index (χ4v) is 2.90. The van der Waals surface area contributed by atoms with Crippen LogP contribution in [0.25, 0.3) is 0 Å². The molecule has 20 heavy (non-hydrogen) atoms. The van der Waals surface area contributed by atoms with E-state index in [4.69, 9.17) is 5.11 Å². The van der Waals surface area contributed by atoms with Gasteiger partial charge in [-0.3, -0.25) is 0 Å². The summed E-state index contributed by atoms with van der Waals surface area (Å²) in [6.45, 7) is 0.735. The summed E-state index contributed by atoms with van der Waals surface area (Å²) in [5.74, 6) is -1.17. The maximum absolute atomic E-state index is 12.0. The normalized spacial score (nSPS) is 11.7.